The van der Waals surface area contributed by atoms with Gasteiger partial charge in [-0.15, -0.1) is 16.4 Å². The molecule has 0 aliphatic heterocycles. The highest BCUT2D eigenvalue weighted by Gasteiger charge is 2.19. The van der Waals surface area contributed by atoms with Crippen LogP contribution in [0.1, 0.15) is 23.2 Å². The first-order valence-corrected chi connectivity index (χ1v) is 9.49. The number of benzene rings is 1. The van der Waals surface area contributed by atoms with Crippen molar-refractivity contribution in [3.8, 4) is 5.69 Å². The Morgan fingerprint density at radius 1 is 1.40 bits per heavy atom. The zero-order valence-electron chi connectivity index (χ0n) is 14.1. The Labute approximate surface area is 153 Å². The Kier molecular flexibility index (Phi) is 5.44. The van der Waals surface area contributed by atoms with Crippen molar-refractivity contribution in [1.29, 1.82) is 0 Å². The van der Waals surface area contributed by atoms with Crippen LogP contribution in [0.15, 0.2) is 34.8 Å². The van der Waals surface area contributed by atoms with Crippen molar-refractivity contribution in [2.75, 3.05) is 0 Å². The second-order valence-electron chi connectivity index (χ2n) is 5.57. The van der Waals surface area contributed by atoms with Crippen LogP contribution in [-0.2, 0) is 11.3 Å². The molecule has 25 heavy (non-hydrogen) atoms. The first-order chi connectivity index (χ1) is 12.0. The number of carbonyl (C=O) groups is 1. The van der Waals surface area contributed by atoms with E-state index >= 15 is 0 Å². The minimum Gasteiger partial charge on any atom is -0.349 e. The number of thiazole rings is 1. The molecule has 3 aromatic rings. The molecule has 0 fully saturated rings. The first-order valence-electron chi connectivity index (χ1n) is 7.73. The average molecular weight is 374 g/mol. The molecular formula is C16H18N6OS2. The van der Waals surface area contributed by atoms with Gasteiger partial charge in [-0.25, -0.2) is 4.98 Å². The SMILES string of the molecule is Cc1cccc(-n2nnnc2S[C@@H](C)C(=O)NCc2nc(C)cs2)c1. The van der Waals surface area contributed by atoms with E-state index in [1.54, 1.807) is 16.0 Å². The van der Waals surface area contributed by atoms with Crippen LogP contribution in [0.25, 0.3) is 5.69 Å². The molecule has 0 unspecified atom stereocenters. The number of aromatic nitrogens is 5. The number of amides is 1. The third-order valence-electron chi connectivity index (χ3n) is 3.42. The predicted octanol–water partition coefficient (Wildman–Crippen LogP) is 2.53. The summed E-state index contributed by atoms with van der Waals surface area (Å²) in [5.41, 5.74) is 2.96. The molecule has 1 amide bonds. The molecular weight excluding hydrogens is 356 g/mol. The predicted molar refractivity (Wildman–Crippen MR) is 97.9 cm³/mol. The van der Waals surface area contributed by atoms with Gasteiger partial charge in [-0.1, -0.05) is 23.9 Å². The van der Waals surface area contributed by atoms with Gasteiger partial charge in [0, 0.05) is 11.1 Å². The van der Waals surface area contributed by atoms with Gasteiger partial charge in [-0.2, -0.15) is 4.68 Å². The van der Waals surface area contributed by atoms with Crippen LogP contribution < -0.4 is 5.32 Å². The van der Waals surface area contributed by atoms with Crippen molar-refractivity contribution in [3.05, 3.63) is 45.9 Å². The molecule has 1 aromatic carbocycles. The molecule has 7 nitrogen and oxygen atoms in total. The van der Waals surface area contributed by atoms with Gasteiger partial charge in [0.25, 0.3) is 0 Å². The second kappa shape index (κ2) is 7.75. The number of carbonyl (C=O) groups excluding carboxylic acids is 1. The van der Waals surface area contributed by atoms with Gasteiger partial charge >= 0.3 is 0 Å². The number of hydrogen-bond acceptors (Lipinski definition) is 7. The zero-order chi connectivity index (χ0) is 17.8. The van der Waals surface area contributed by atoms with Gasteiger partial charge in [-0.05, 0) is 48.9 Å². The third-order valence-corrected chi connectivity index (χ3v) is 5.42. The number of nitrogens with zero attached hydrogens (tertiary/aromatic N) is 5. The lowest BCUT2D eigenvalue weighted by Crippen LogP contribution is -2.30. The van der Waals surface area contributed by atoms with Gasteiger partial charge in [-0.3, -0.25) is 4.79 Å². The maximum Gasteiger partial charge on any atom is 0.233 e. The molecule has 9 heteroatoms. The summed E-state index contributed by atoms with van der Waals surface area (Å²) < 4.78 is 1.64. The Morgan fingerprint density at radius 3 is 2.96 bits per heavy atom. The summed E-state index contributed by atoms with van der Waals surface area (Å²) in [7, 11) is 0. The highest BCUT2D eigenvalue weighted by molar-refractivity contribution is 8.00. The van der Waals surface area contributed by atoms with Gasteiger partial charge in [0.1, 0.15) is 5.01 Å². The number of thioether (sulfide) groups is 1. The van der Waals surface area contributed by atoms with Crippen LogP contribution in [0, 0.1) is 13.8 Å². The Balaban J connectivity index is 1.64. The number of rotatable bonds is 6. The summed E-state index contributed by atoms with van der Waals surface area (Å²) in [6, 6.07) is 7.89. The van der Waals surface area contributed by atoms with Crippen LogP contribution >= 0.6 is 23.1 Å². The average Bonchev–Trinajstić information content (AvgIpc) is 3.21. The molecule has 0 aliphatic rings. The summed E-state index contributed by atoms with van der Waals surface area (Å²) >= 11 is 2.86. The maximum absolute atomic E-state index is 12.3. The lowest BCUT2D eigenvalue weighted by atomic mass is 10.2. The van der Waals surface area contributed by atoms with Crippen LogP contribution in [-0.4, -0.2) is 36.3 Å². The van der Waals surface area contributed by atoms with Crippen LogP contribution in [0.2, 0.25) is 0 Å². The van der Waals surface area contributed by atoms with E-state index in [9.17, 15) is 4.79 Å². The zero-order valence-corrected chi connectivity index (χ0v) is 15.8. The van der Waals surface area contributed by atoms with E-state index in [0.29, 0.717) is 11.7 Å². The number of tetrazole rings is 1. The Bertz CT molecular complexity index is 875. The van der Waals surface area contributed by atoms with Gasteiger partial charge in [0.05, 0.1) is 17.5 Å². The fourth-order valence-corrected chi connectivity index (χ4v) is 3.72. The van der Waals surface area contributed by atoms with Gasteiger partial charge in [0.15, 0.2) is 0 Å². The number of nitrogens with one attached hydrogen (secondary N) is 1. The van der Waals surface area contributed by atoms with E-state index in [2.05, 4.69) is 25.8 Å². The summed E-state index contributed by atoms with van der Waals surface area (Å²) in [4.78, 5) is 16.7. The standard InChI is InChI=1S/C16H18N6OS2/c1-10-5-4-6-13(7-10)22-16(19-20-21-22)25-12(3)15(23)17-8-14-18-11(2)9-24-14/h4-7,9,12H,8H2,1-3H3,(H,17,23)/t12-/m0/s1. The lowest BCUT2D eigenvalue weighted by molar-refractivity contribution is -0.120. The van der Waals surface area contributed by atoms with Crippen molar-refractivity contribution in [3.63, 3.8) is 0 Å². The summed E-state index contributed by atoms with van der Waals surface area (Å²) in [5.74, 6) is -0.0726. The molecule has 130 valence electrons. The first kappa shape index (κ1) is 17.6. The molecule has 0 saturated carbocycles. The van der Waals surface area contributed by atoms with Crippen molar-refractivity contribution in [2.45, 2.75) is 37.7 Å². The minimum absolute atomic E-state index is 0.0726. The molecule has 0 bridgehead atoms. The highest BCUT2D eigenvalue weighted by Crippen LogP contribution is 2.23. The molecule has 0 saturated heterocycles. The maximum atomic E-state index is 12.3. The molecule has 0 radical (unpaired) electrons. The van der Waals surface area contributed by atoms with Gasteiger partial charge < -0.3 is 5.32 Å². The van der Waals surface area contributed by atoms with Crippen molar-refractivity contribution in [1.82, 2.24) is 30.5 Å². The lowest BCUT2D eigenvalue weighted by Gasteiger charge is -2.11. The normalized spacial score (nSPS) is 12.1. The van der Waals surface area contributed by atoms with E-state index in [1.165, 1.54) is 11.8 Å². The van der Waals surface area contributed by atoms with Crippen molar-refractivity contribution < 1.29 is 4.79 Å². The number of hydrogen-bond donors (Lipinski definition) is 1. The molecule has 0 spiro atoms. The van der Waals surface area contributed by atoms with E-state index in [-0.39, 0.29) is 11.2 Å². The van der Waals surface area contributed by atoms with Gasteiger partial charge in [0.2, 0.25) is 11.1 Å². The van der Waals surface area contributed by atoms with E-state index in [4.69, 9.17) is 0 Å². The number of aryl methyl sites for hydroxylation is 2. The summed E-state index contributed by atoms with van der Waals surface area (Å²) in [6.45, 7) is 6.22. The topological polar surface area (TPSA) is 85.6 Å². The molecule has 1 atom stereocenters. The van der Waals surface area contributed by atoms with E-state index in [0.717, 1.165) is 22.0 Å². The Morgan fingerprint density at radius 2 is 2.24 bits per heavy atom. The van der Waals surface area contributed by atoms with E-state index < -0.39 is 0 Å². The summed E-state index contributed by atoms with van der Waals surface area (Å²) in [6.07, 6.45) is 0. The molecule has 2 heterocycles. The molecule has 0 aliphatic carbocycles. The molecule has 1 N–H and O–H groups in total. The molecule has 2 aromatic heterocycles. The fourth-order valence-electron chi connectivity index (χ4n) is 2.18. The van der Waals surface area contributed by atoms with E-state index in [1.807, 2.05) is 50.4 Å². The fraction of sp³-hybridized carbons (Fsp3) is 0.312. The van der Waals surface area contributed by atoms with Crippen LogP contribution in [0.4, 0.5) is 0 Å². The van der Waals surface area contributed by atoms with Crippen molar-refractivity contribution in [2.24, 2.45) is 0 Å². The monoisotopic (exact) mass is 374 g/mol. The summed E-state index contributed by atoms with van der Waals surface area (Å²) in [5, 5.41) is 17.8. The van der Waals surface area contributed by atoms with Crippen LogP contribution in [0.5, 0.6) is 0 Å². The molecule has 3 rings (SSSR count). The quantitative estimate of drug-likeness (QED) is 0.667. The highest BCUT2D eigenvalue weighted by atomic mass is 32.2. The third kappa shape index (κ3) is 4.43. The smallest absolute Gasteiger partial charge is 0.233 e. The Hall–Kier alpha value is -2.26. The van der Waals surface area contributed by atoms with Crippen molar-refractivity contribution >= 4 is 29.0 Å². The second-order valence-corrected chi connectivity index (χ2v) is 7.82. The minimum atomic E-state index is -0.324. The van der Waals surface area contributed by atoms with Crippen LogP contribution in [0.3, 0.4) is 0 Å². The largest absolute Gasteiger partial charge is 0.349 e.